The normalized spacial score (nSPS) is 19.9. The van der Waals surface area contributed by atoms with Crippen molar-refractivity contribution in [3.8, 4) is 0 Å². The van der Waals surface area contributed by atoms with Gasteiger partial charge in [0.1, 0.15) is 0 Å². The standard InChI is InChI=1S/C19H27N3O5S/c23-18-5-1-11-22(18)12-3-10-20-19(24)15-6-8-17(9-7-15)28(25,26)21-14-16-4-2-13-27-16/h6-9,16,21H,1-5,10-14H2,(H,20,24). The Morgan fingerprint density at radius 3 is 2.64 bits per heavy atom. The average molecular weight is 410 g/mol. The molecular formula is C19H27N3O5S. The van der Waals surface area contributed by atoms with Gasteiger partial charge in [0, 0.05) is 44.8 Å². The molecule has 9 heteroatoms. The molecule has 3 rings (SSSR count). The number of carbonyl (C=O) groups excluding carboxylic acids is 2. The fraction of sp³-hybridized carbons (Fsp3) is 0.579. The maximum Gasteiger partial charge on any atom is 0.251 e. The van der Waals surface area contributed by atoms with E-state index in [0.717, 1.165) is 25.8 Å². The number of hydrogen-bond acceptors (Lipinski definition) is 5. The van der Waals surface area contributed by atoms with Crippen molar-refractivity contribution in [2.75, 3.05) is 32.8 Å². The minimum absolute atomic E-state index is 0.0734. The van der Waals surface area contributed by atoms with Crippen molar-refractivity contribution in [1.82, 2.24) is 14.9 Å². The van der Waals surface area contributed by atoms with Crippen LogP contribution in [-0.2, 0) is 19.6 Å². The lowest BCUT2D eigenvalue weighted by Crippen LogP contribution is -2.32. The second kappa shape index (κ2) is 9.49. The zero-order valence-electron chi connectivity index (χ0n) is 15.9. The van der Waals surface area contributed by atoms with E-state index in [2.05, 4.69) is 10.0 Å². The molecule has 1 unspecified atom stereocenters. The third-order valence-corrected chi connectivity index (χ3v) is 6.45. The molecule has 2 amide bonds. The van der Waals surface area contributed by atoms with Crippen molar-refractivity contribution in [2.45, 2.75) is 43.1 Å². The van der Waals surface area contributed by atoms with Gasteiger partial charge in [-0.05, 0) is 49.9 Å². The zero-order chi connectivity index (χ0) is 20.0. The van der Waals surface area contributed by atoms with Gasteiger partial charge in [-0.1, -0.05) is 0 Å². The van der Waals surface area contributed by atoms with E-state index >= 15 is 0 Å². The first-order chi connectivity index (χ1) is 13.5. The SMILES string of the molecule is O=C(NCCCN1CCCC1=O)c1ccc(S(=O)(=O)NCC2CCCO2)cc1. The summed E-state index contributed by atoms with van der Waals surface area (Å²) >= 11 is 0. The van der Waals surface area contributed by atoms with E-state index in [1.54, 1.807) is 0 Å². The van der Waals surface area contributed by atoms with Gasteiger partial charge < -0.3 is 15.0 Å². The summed E-state index contributed by atoms with van der Waals surface area (Å²) in [7, 11) is -3.62. The van der Waals surface area contributed by atoms with Crippen LogP contribution in [0.1, 0.15) is 42.5 Å². The van der Waals surface area contributed by atoms with Gasteiger partial charge in [-0.15, -0.1) is 0 Å². The molecule has 2 aliphatic heterocycles. The Hall–Kier alpha value is -1.97. The number of ether oxygens (including phenoxy) is 1. The smallest absolute Gasteiger partial charge is 0.251 e. The van der Waals surface area contributed by atoms with Crippen molar-refractivity contribution < 1.29 is 22.7 Å². The van der Waals surface area contributed by atoms with Crippen LogP contribution in [0.25, 0.3) is 0 Å². The molecule has 1 atom stereocenters. The largest absolute Gasteiger partial charge is 0.377 e. The second-order valence-electron chi connectivity index (χ2n) is 7.11. The van der Waals surface area contributed by atoms with E-state index in [4.69, 9.17) is 4.74 Å². The van der Waals surface area contributed by atoms with E-state index in [0.29, 0.717) is 38.1 Å². The maximum absolute atomic E-state index is 12.3. The minimum atomic E-state index is -3.62. The van der Waals surface area contributed by atoms with E-state index in [1.807, 2.05) is 4.90 Å². The molecule has 0 spiro atoms. The highest BCUT2D eigenvalue weighted by atomic mass is 32.2. The molecule has 0 radical (unpaired) electrons. The molecule has 8 nitrogen and oxygen atoms in total. The van der Waals surface area contributed by atoms with Crippen LogP contribution in [-0.4, -0.2) is 64.0 Å². The predicted octanol–water partition coefficient (Wildman–Crippen LogP) is 0.886. The summed E-state index contributed by atoms with van der Waals surface area (Å²) < 4.78 is 32.6. The number of carbonyl (C=O) groups is 2. The molecule has 0 aromatic heterocycles. The summed E-state index contributed by atoms with van der Waals surface area (Å²) in [5, 5.41) is 2.80. The van der Waals surface area contributed by atoms with Crippen LogP contribution in [0.5, 0.6) is 0 Å². The Kier molecular flexibility index (Phi) is 7.03. The summed E-state index contributed by atoms with van der Waals surface area (Å²) in [6.45, 7) is 2.83. The van der Waals surface area contributed by atoms with Gasteiger partial charge in [0.25, 0.3) is 5.91 Å². The van der Waals surface area contributed by atoms with Crippen molar-refractivity contribution in [3.05, 3.63) is 29.8 Å². The number of amides is 2. The van der Waals surface area contributed by atoms with Gasteiger partial charge in [-0.3, -0.25) is 9.59 Å². The predicted molar refractivity (Wildman–Crippen MR) is 103 cm³/mol. The number of likely N-dealkylation sites (tertiary alicyclic amines) is 1. The Balaban J connectivity index is 1.44. The Morgan fingerprint density at radius 1 is 1.21 bits per heavy atom. The third kappa shape index (κ3) is 5.52. The summed E-state index contributed by atoms with van der Waals surface area (Å²) in [5.41, 5.74) is 0.398. The molecule has 2 saturated heterocycles. The highest BCUT2D eigenvalue weighted by molar-refractivity contribution is 7.89. The molecule has 1 aromatic carbocycles. The van der Waals surface area contributed by atoms with Crippen LogP contribution in [0, 0.1) is 0 Å². The molecule has 1 aromatic rings. The summed E-state index contributed by atoms with van der Waals surface area (Å²) in [5.74, 6) is -0.0831. The van der Waals surface area contributed by atoms with Crippen molar-refractivity contribution >= 4 is 21.8 Å². The average Bonchev–Trinajstić information content (AvgIpc) is 3.35. The summed E-state index contributed by atoms with van der Waals surface area (Å²) in [4.78, 5) is 25.7. The molecule has 2 heterocycles. The Labute approximate surface area is 165 Å². The fourth-order valence-electron chi connectivity index (χ4n) is 3.39. The van der Waals surface area contributed by atoms with Crippen molar-refractivity contribution in [1.29, 1.82) is 0 Å². The van der Waals surface area contributed by atoms with Gasteiger partial charge >= 0.3 is 0 Å². The molecule has 2 fully saturated rings. The van der Waals surface area contributed by atoms with Crippen LogP contribution in [0.3, 0.4) is 0 Å². The van der Waals surface area contributed by atoms with E-state index < -0.39 is 10.0 Å². The number of benzene rings is 1. The van der Waals surface area contributed by atoms with Crippen LogP contribution in [0.2, 0.25) is 0 Å². The molecule has 2 N–H and O–H groups in total. The van der Waals surface area contributed by atoms with Crippen LogP contribution < -0.4 is 10.0 Å². The monoisotopic (exact) mass is 409 g/mol. The molecule has 0 aliphatic carbocycles. The highest BCUT2D eigenvalue weighted by Crippen LogP contribution is 2.14. The first kappa shape index (κ1) is 20.8. The number of sulfonamides is 1. The topological polar surface area (TPSA) is 105 Å². The van der Waals surface area contributed by atoms with Crippen molar-refractivity contribution in [2.24, 2.45) is 0 Å². The minimum Gasteiger partial charge on any atom is -0.377 e. The molecule has 2 aliphatic rings. The second-order valence-corrected chi connectivity index (χ2v) is 8.87. The Morgan fingerprint density at radius 2 is 2.00 bits per heavy atom. The quantitative estimate of drug-likeness (QED) is 0.590. The van der Waals surface area contributed by atoms with E-state index in [9.17, 15) is 18.0 Å². The number of hydrogen-bond donors (Lipinski definition) is 2. The van der Waals surface area contributed by atoms with Gasteiger partial charge in [-0.2, -0.15) is 0 Å². The fourth-order valence-corrected chi connectivity index (χ4v) is 4.46. The highest BCUT2D eigenvalue weighted by Gasteiger charge is 2.21. The molecule has 0 saturated carbocycles. The molecular weight excluding hydrogens is 382 g/mol. The number of nitrogens with zero attached hydrogens (tertiary/aromatic N) is 1. The summed E-state index contributed by atoms with van der Waals surface area (Å²) in [6, 6.07) is 5.85. The lowest BCUT2D eigenvalue weighted by atomic mass is 10.2. The molecule has 28 heavy (non-hydrogen) atoms. The maximum atomic E-state index is 12.3. The lowest BCUT2D eigenvalue weighted by Gasteiger charge is -2.15. The van der Waals surface area contributed by atoms with Gasteiger partial charge in [0.2, 0.25) is 15.9 Å². The van der Waals surface area contributed by atoms with Gasteiger partial charge in [-0.25, -0.2) is 13.1 Å². The zero-order valence-corrected chi connectivity index (χ0v) is 16.7. The number of rotatable bonds is 9. The van der Waals surface area contributed by atoms with Crippen molar-refractivity contribution in [3.63, 3.8) is 0 Å². The molecule has 0 bridgehead atoms. The first-order valence-electron chi connectivity index (χ1n) is 9.73. The van der Waals surface area contributed by atoms with Gasteiger partial charge in [0.15, 0.2) is 0 Å². The van der Waals surface area contributed by atoms with E-state index in [1.165, 1.54) is 24.3 Å². The first-order valence-corrected chi connectivity index (χ1v) is 11.2. The van der Waals surface area contributed by atoms with Crippen LogP contribution >= 0.6 is 0 Å². The van der Waals surface area contributed by atoms with Crippen LogP contribution in [0.4, 0.5) is 0 Å². The van der Waals surface area contributed by atoms with Gasteiger partial charge in [0.05, 0.1) is 11.0 Å². The Bertz CT molecular complexity index is 788. The third-order valence-electron chi connectivity index (χ3n) is 5.01. The lowest BCUT2D eigenvalue weighted by molar-refractivity contribution is -0.127. The van der Waals surface area contributed by atoms with Crippen LogP contribution in [0.15, 0.2) is 29.2 Å². The van der Waals surface area contributed by atoms with E-state index in [-0.39, 0.29) is 29.4 Å². The molecule has 154 valence electrons. The number of nitrogens with one attached hydrogen (secondary N) is 2. The summed E-state index contributed by atoms with van der Waals surface area (Å²) in [6.07, 6.45) is 3.94.